The van der Waals surface area contributed by atoms with E-state index < -0.39 is 0 Å². The minimum atomic E-state index is 0.856. The van der Waals surface area contributed by atoms with Crippen molar-refractivity contribution in [3.63, 3.8) is 0 Å². The molecule has 2 saturated heterocycles. The van der Waals surface area contributed by atoms with Gasteiger partial charge in [-0.3, -0.25) is 9.58 Å². The van der Waals surface area contributed by atoms with Crippen LogP contribution in [0.2, 0.25) is 0 Å². The van der Waals surface area contributed by atoms with Gasteiger partial charge < -0.3 is 5.32 Å². The number of rotatable bonds is 3. The van der Waals surface area contributed by atoms with E-state index in [0.717, 1.165) is 24.9 Å². The standard InChI is InChI=1S/C16H22N4/c1-2-20-16-6-4-3-5-14(16)15(18-20)11-19-9-12-7-17-8-13(12)10-19/h3-6,12-13,17H,2,7-11H2,1H3. The molecule has 2 aliphatic rings. The Morgan fingerprint density at radius 1 is 1.20 bits per heavy atom. The molecule has 3 heterocycles. The summed E-state index contributed by atoms with van der Waals surface area (Å²) >= 11 is 0. The average molecular weight is 270 g/mol. The monoisotopic (exact) mass is 270 g/mol. The largest absolute Gasteiger partial charge is 0.316 e. The normalized spacial score (nSPS) is 26.4. The van der Waals surface area contributed by atoms with Gasteiger partial charge in [0, 0.05) is 31.6 Å². The predicted octanol–water partition coefficient (Wildman–Crippen LogP) is 1.71. The van der Waals surface area contributed by atoms with Gasteiger partial charge in [0.15, 0.2) is 0 Å². The van der Waals surface area contributed by atoms with Crippen molar-refractivity contribution in [2.24, 2.45) is 11.8 Å². The van der Waals surface area contributed by atoms with E-state index in [0.29, 0.717) is 0 Å². The minimum absolute atomic E-state index is 0.856. The minimum Gasteiger partial charge on any atom is -0.316 e. The van der Waals surface area contributed by atoms with Crippen LogP contribution >= 0.6 is 0 Å². The first-order valence-corrected chi connectivity index (χ1v) is 7.72. The molecule has 1 N–H and O–H groups in total. The molecule has 4 heteroatoms. The molecule has 1 aromatic heterocycles. The van der Waals surface area contributed by atoms with Crippen molar-refractivity contribution in [3.8, 4) is 0 Å². The fourth-order valence-electron chi connectivity index (χ4n) is 3.85. The van der Waals surface area contributed by atoms with Gasteiger partial charge in [-0.1, -0.05) is 18.2 Å². The first-order chi connectivity index (χ1) is 9.85. The number of para-hydroxylation sites is 1. The van der Waals surface area contributed by atoms with Crippen molar-refractivity contribution in [2.75, 3.05) is 26.2 Å². The zero-order chi connectivity index (χ0) is 13.5. The molecule has 0 spiro atoms. The highest BCUT2D eigenvalue weighted by Crippen LogP contribution is 2.28. The second-order valence-electron chi connectivity index (χ2n) is 6.15. The number of hydrogen-bond donors (Lipinski definition) is 1. The predicted molar refractivity (Wildman–Crippen MR) is 80.5 cm³/mol. The molecule has 4 rings (SSSR count). The van der Waals surface area contributed by atoms with Gasteiger partial charge in [-0.05, 0) is 37.9 Å². The maximum atomic E-state index is 4.82. The number of nitrogens with zero attached hydrogens (tertiary/aromatic N) is 3. The van der Waals surface area contributed by atoms with Gasteiger partial charge in [-0.25, -0.2) is 0 Å². The highest BCUT2D eigenvalue weighted by atomic mass is 15.3. The molecule has 4 nitrogen and oxygen atoms in total. The number of fused-ring (bicyclic) bond motifs is 2. The summed E-state index contributed by atoms with van der Waals surface area (Å²) in [6, 6.07) is 8.61. The number of benzene rings is 1. The molecule has 106 valence electrons. The Kier molecular flexibility index (Phi) is 3.00. The van der Waals surface area contributed by atoms with Gasteiger partial charge in [-0.2, -0.15) is 5.10 Å². The molecule has 2 aromatic rings. The van der Waals surface area contributed by atoms with Gasteiger partial charge in [0.2, 0.25) is 0 Å². The summed E-state index contributed by atoms with van der Waals surface area (Å²) in [6.07, 6.45) is 0. The number of aromatic nitrogens is 2. The molecule has 1 aromatic carbocycles. The lowest BCUT2D eigenvalue weighted by atomic mass is 10.0. The van der Waals surface area contributed by atoms with Crippen LogP contribution in [0.15, 0.2) is 24.3 Å². The summed E-state index contributed by atoms with van der Waals surface area (Å²) in [5, 5.41) is 9.65. The van der Waals surface area contributed by atoms with Crippen molar-refractivity contribution in [3.05, 3.63) is 30.0 Å². The van der Waals surface area contributed by atoms with E-state index in [9.17, 15) is 0 Å². The van der Waals surface area contributed by atoms with Gasteiger partial charge in [0.05, 0.1) is 11.2 Å². The lowest BCUT2D eigenvalue weighted by molar-refractivity contribution is 0.301. The Bertz CT molecular complexity index is 606. The number of hydrogen-bond acceptors (Lipinski definition) is 3. The Morgan fingerprint density at radius 2 is 1.95 bits per heavy atom. The molecule has 2 unspecified atom stereocenters. The highest BCUT2D eigenvalue weighted by Gasteiger charge is 2.36. The molecule has 0 radical (unpaired) electrons. The second kappa shape index (κ2) is 4.86. The zero-order valence-corrected chi connectivity index (χ0v) is 12.0. The molecule has 20 heavy (non-hydrogen) atoms. The van der Waals surface area contributed by atoms with Crippen LogP contribution in [-0.2, 0) is 13.1 Å². The lowest BCUT2D eigenvalue weighted by Gasteiger charge is -2.15. The van der Waals surface area contributed by atoms with Crippen molar-refractivity contribution in [1.29, 1.82) is 0 Å². The van der Waals surface area contributed by atoms with E-state index in [1.165, 1.54) is 42.8 Å². The Balaban J connectivity index is 1.60. The number of likely N-dealkylation sites (tertiary alicyclic amines) is 1. The summed E-state index contributed by atoms with van der Waals surface area (Å²) in [4.78, 5) is 2.59. The Hall–Kier alpha value is -1.39. The van der Waals surface area contributed by atoms with E-state index in [1.54, 1.807) is 0 Å². The van der Waals surface area contributed by atoms with Gasteiger partial charge in [0.25, 0.3) is 0 Å². The zero-order valence-electron chi connectivity index (χ0n) is 12.0. The second-order valence-corrected chi connectivity index (χ2v) is 6.15. The van der Waals surface area contributed by atoms with Gasteiger partial charge >= 0.3 is 0 Å². The van der Waals surface area contributed by atoms with Crippen LogP contribution in [0.4, 0.5) is 0 Å². The van der Waals surface area contributed by atoms with E-state index in [2.05, 4.69) is 46.1 Å². The fourth-order valence-corrected chi connectivity index (χ4v) is 3.85. The van der Waals surface area contributed by atoms with E-state index in [1.807, 2.05) is 0 Å². The third-order valence-corrected chi connectivity index (χ3v) is 4.87. The molecule has 2 fully saturated rings. The molecular weight excluding hydrogens is 248 g/mol. The molecule has 0 aliphatic carbocycles. The van der Waals surface area contributed by atoms with Crippen molar-refractivity contribution < 1.29 is 0 Å². The van der Waals surface area contributed by atoms with Crippen LogP contribution in [-0.4, -0.2) is 40.9 Å². The quantitative estimate of drug-likeness (QED) is 0.921. The first kappa shape index (κ1) is 12.4. The Labute approximate surface area is 119 Å². The van der Waals surface area contributed by atoms with E-state index in [-0.39, 0.29) is 0 Å². The summed E-state index contributed by atoms with van der Waals surface area (Å²) in [5.74, 6) is 1.71. The summed E-state index contributed by atoms with van der Waals surface area (Å²) in [5.41, 5.74) is 2.52. The third-order valence-electron chi connectivity index (χ3n) is 4.87. The SMILES string of the molecule is CCn1nc(CN2CC3CNCC3C2)c2ccccc21. The third kappa shape index (κ3) is 1.95. The lowest BCUT2D eigenvalue weighted by Crippen LogP contribution is -2.25. The van der Waals surface area contributed by atoms with Gasteiger partial charge in [0.1, 0.15) is 0 Å². The Morgan fingerprint density at radius 3 is 2.70 bits per heavy atom. The fraction of sp³-hybridized carbons (Fsp3) is 0.562. The van der Waals surface area contributed by atoms with E-state index >= 15 is 0 Å². The van der Waals surface area contributed by atoms with Crippen LogP contribution < -0.4 is 5.32 Å². The van der Waals surface area contributed by atoms with Crippen LogP contribution in [0.3, 0.4) is 0 Å². The van der Waals surface area contributed by atoms with Gasteiger partial charge in [-0.15, -0.1) is 0 Å². The van der Waals surface area contributed by atoms with Crippen molar-refractivity contribution in [1.82, 2.24) is 20.0 Å². The van der Waals surface area contributed by atoms with Crippen LogP contribution in [0.1, 0.15) is 12.6 Å². The summed E-state index contributed by atoms with van der Waals surface area (Å²) < 4.78 is 2.13. The highest BCUT2D eigenvalue weighted by molar-refractivity contribution is 5.81. The van der Waals surface area contributed by atoms with Crippen molar-refractivity contribution in [2.45, 2.75) is 20.0 Å². The molecule has 0 saturated carbocycles. The van der Waals surface area contributed by atoms with Crippen LogP contribution in [0, 0.1) is 11.8 Å². The number of aryl methyl sites for hydroxylation is 1. The molecule has 2 aliphatic heterocycles. The maximum absolute atomic E-state index is 4.82. The van der Waals surface area contributed by atoms with Crippen molar-refractivity contribution >= 4 is 10.9 Å². The van der Waals surface area contributed by atoms with Crippen LogP contribution in [0.5, 0.6) is 0 Å². The summed E-state index contributed by atoms with van der Waals surface area (Å²) in [6.45, 7) is 8.96. The smallest absolute Gasteiger partial charge is 0.0843 e. The van der Waals surface area contributed by atoms with E-state index in [4.69, 9.17) is 5.10 Å². The molecule has 2 atom stereocenters. The summed E-state index contributed by atoms with van der Waals surface area (Å²) in [7, 11) is 0. The van der Waals surface area contributed by atoms with Crippen LogP contribution in [0.25, 0.3) is 10.9 Å². The maximum Gasteiger partial charge on any atom is 0.0843 e. The first-order valence-electron chi connectivity index (χ1n) is 7.72. The molecule has 0 amide bonds. The molecular formula is C16H22N4. The number of nitrogens with one attached hydrogen (secondary N) is 1. The average Bonchev–Trinajstić information content (AvgIpc) is 3.12. The topological polar surface area (TPSA) is 33.1 Å². The molecule has 0 bridgehead atoms.